The number of thiophene rings is 1. The summed E-state index contributed by atoms with van der Waals surface area (Å²) >= 11 is 1.85. The van der Waals surface area contributed by atoms with Crippen LogP contribution in [0.4, 0.5) is 0 Å². The number of hydrogen-bond donors (Lipinski definition) is 2. The molecule has 0 bridgehead atoms. The van der Waals surface area contributed by atoms with Crippen LogP contribution in [0.1, 0.15) is 43.2 Å². The Morgan fingerprint density at radius 3 is 2.76 bits per heavy atom. The van der Waals surface area contributed by atoms with E-state index in [4.69, 9.17) is 4.99 Å². The maximum atomic E-state index is 4.94. The van der Waals surface area contributed by atoms with Gasteiger partial charge in [0.05, 0.1) is 12.6 Å². The standard InChI is InChI=1S/C22H33N5S.HI/c1-3-24-22(25-12-8-19-6-4-11-23-16-19)26-17-20(21-7-5-15-28-21)27-13-9-18(2)10-14-27;/h4-7,11,15-16,18,20H,3,8-10,12-14,17H2,1-2H3,(H2,24,25,26);1H. The van der Waals surface area contributed by atoms with Crippen LogP contribution in [0.25, 0.3) is 0 Å². The Morgan fingerprint density at radius 1 is 1.28 bits per heavy atom. The molecule has 7 heteroatoms. The molecule has 0 radical (unpaired) electrons. The zero-order valence-corrected chi connectivity index (χ0v) is 20.7. The SMILES string of the molecule is CCNC(=NCC(c1cccs1)N1CCC(C)CC1)NCCc1cccnc1.I. The second kappa shape index (κ2) is 13.2. The van der Waals surface area contributed by atoms with Gasteiger partial charge in [0.25, 0.3) is 0 Å². The Bertz CT molecular complexity index is 699. The molecule has 0 saturated carbocycles. The van der Waals surface area contributed by atoms with Gasteiger partial charge >= 0.3 is 0 Å². The molecule has 1 atom stereocenters. The highest BCUT2D eigenvalue weighted by Crippen LogP contribution is 2.29. The van der Waals surface area contributed by atoms with Crippen molar-refractivity contribution in [3.8, 4) is 0 Å². The summed E-state index contributed by atoms with van der Waals surface area (Å²) < 4.78 is 0. The normalized spacial score (nSPS) is 16.8. The van der Waals surface area contributed by atoms with Crippen molar-refractivity contribution >= 4 is 41.3 Å². The van der Waals surface area contributed by atoms with Gasteiger partial charge in [-0.3, -0.25) is 14.9 Å². The topological polar surface area (TPSA) is 52.6 Å². The van der Waals surface area contributed by atoms with Crippen LogP contribution >= 0.6 is 35.3 Å². The van der Waals surface area contributed by atoms with Crippen LogP contribution in [0.5, 0.6) is 0 Å². The average Bonchev–Trinajstić information content (AvgIpc) is 3.25. The van der Waals surface area contributed by atoms with E-state index in [1.807, 2.05) is 29.8 Å². The minimum Gasteiger partial charge on any atom is -0.357 e. The summed E-state index contributed by atoms with van der Waals surface area (Å²) in [4.78, 5) is 13.2. The van der Waals surface area contributed by atoms with E-state index < -0.39 is 0 Å². The minimum atomic E-state index is 0. The first kappa shape index (κ1) is 24.1. The Hall–Kier alpha value is -1.19. The lowest BCUT2D eigenvalue weighted by Gasteiger charge is -2.35. The van der Waals surface area contributed by atoms with Gasteiger partial charge in [-0.05, 0) is 68.3 Å². The van der Waals surface area contributed by atoms with Crippen LogP contribution in [0.2, 0.25) is 0 Å². The number of hydrogen-bond acceptors (Lipinski definition) is 4. The van der Waals surface area contributed by atoms with E-state index in [1.165, 1.54) is 36.4 Å². The van der Waals surface area contributed by atoms with Crippen LogP contribution in [-0.2, 0) is 6.42 Å². The van der Waals surface area contributed by atoms with Crippen molar-refractivity contribution < 1.29 is 0 Å². The predicted molar refractivity (Wildman–Crippen MR) is 134 cm³/mol. The average molecular weight is 528 g/mol. The van der Waals surface area contributed by atoms with Gasteiger partial charge < -0.3 is 10.6 Å². The van der Waals surface area contributed by atoms with Crippen molar-refractivity contribution in [3.63, 3.8) is 0 Å². The number of nitrogens with zero attached hydrogens (tertiary/aromatic N) is 3. The Morgan fingerprint density at radius 2 is 2.10 bits per heavy atom. The molecule has 3 rings (SSSR count). The molecule has 1 saturated heterocycles. The lowest BCUT2D eigenvalue weighted by molar-refractivity contribution is 0.143. The van der Waals surface area contributed by atoms with Crippen molar-refractivity contribution in [2.75, 3.05) is 32.7 Å². The molecule has 1 aliphatic rings. The zero-order valence-electron chi connectivity index (χ0n) is 17.5. The molecule has 0 aromatic carbocycles. The van der Waals surface area contributed by atoms with E-state index in [1.54, 1.807) is 0 Å². The maximum absolute atomic E-state index is 4.94. The van der Waals surface area contributed by atoms with Crippen LogP contribution in [0, 0.1) is 5.92 Å². The van der Waals surface area contributed by atoms with Crippen molar-refractivity contribution in [1.82, 2.24) is 20.5 Å². The van der Waals surface area contributed by atoms with Crippen LogP contribution in [-0.4, -0.2) is 48.6 Å². The number of rotatable bonds is 8. The molecular weight excluding hydrogens is 493 g/mol. The first-order chi connectivity index (χ1) is 13.8. The highest BCUT2D eigenvalue weighted by Gasteiger charge is 2.25. The lowest BCUT2D eigenvalue weighted by atomic mass is 9.97. The lowest BCUT2D eigenvalue weighted by Crippen LogP contribution is -2.40. The quantitative estimate of drug-likeness (QED) is 0.305. The second-order valence-electron chi connectivity index (χ2n) is 7.51. The molecule has 2 aromatic heterocycles. The number of pyridine rings is 1. The summed E-state index contributed by atoms with van der Waals surface area (Å²) in [5, 5.41) is 9.04. The molecule has 2 aromatic rings. The molecule has 5 nitrogen and oxygen atoms in total. The number of piperidine rings is 1. The highest BCUT2D eigenvalue weighted by molar-refractivity contribution is 14.0. The van der Waals surface area contributed by atoms with Crippen LogP contribution in [0.3, 0.4) is 0 Å². The minimum absolute atomic E-state index is 0. The van der Waals surface area contributed by atoms with E-state index in [2.05, 4.69) is 57.9 Å². The third-order valence-corrected chi connectivity index (χ3v) is 6.30. The third-order valence-electron chi connectivity index (χ3n) is 5.33. The van der Waals surface area contributed by atoms with Gasteiger partial charge in [-0.1, -0.05) is 19.1 Å². The van der Waals surface area contributed by atoms with E-state index in [9.17, 15) is 0 Å². The molecule has 0 aliphatic carbocycles. The van der Waals surface area contributed by atoms with Gasteiger partial charge in [-0.15, -0.1) is 35.3 Å². The Labute approximate surface area is 196 Å². The summed E-state index contributed by atoms with van der Waals surface area (Å²) in [6, 6.07) is 8.89. The Kier molecular flexibility index (Phi) is 10.9. The molecule has 3 heterocycles. The smallest absolute Gasteiger partial charge is 0.191 e. The summed E-state index contributed by atoms with van der Waals surface area (Å²) in [6.07, 6.45) is 7.26. The monoisotopic (exact) mass is 527 g/mol. The zero-order chi connectivity index (χ0) is 19.6. The third kappa shape index (κ3) is 7.86. The molecular formula is C22H34IN5S. The largest absolute Gasteiger partial charge is 0.357 e. The summed E-state index contributed by atoms with van der Waals surface area (Å²) in [6.45, 7) is 9.32. The van der Waals surface area contributed by atoms with Crippen LogP contribution < -0.4 is 10.6 Å². The fraction of sp³-hybridized carbons (Fsp3) is 0.545. The number of likely N-dealkylation sites (tertiary alicyclic amines) is 1. The second-order valence-corrected chi connectivity index (χ2v) is 8.49. The van der Waals surface area contributed by atoms with Crippen molar-refractivity contribution in [3.05, 3.63) is 52.5 Å². The molecule has 0 amide bonds. The molecule has 0 spiro atoms. The van der Waals surface area contributed by atoms with Gasteiger partial charge in [0.2, 0.25) is 0 Å². The van der Waals surface area contributed by atoms with Gasteiger partial charge in [-0.2, -0.15) is 0 Å². The number of aliphatic imine (C=N–C) groups is 1. The summed E-state index contributed by atoms with van der Waals surface area (Å²) in [5.74, 6) is 1.74. The molecule has 2 N–H and O–H groups in total. The first-order valence-corrected chi connectivity index (χ1v) is 11.3. The molecule has 1 aliphatic heterocycles. The molecule has 160 valence electrons. The fourth-order valence-corrected chi connectivity index (χ4v) is 4.45. The van der Waals surface area contributed by atoms with Crippen molar-refractivity contribution in [2.45, 2.75) is 39.2 Å². The molecule has 29 heavy (non-hydrogen) atoms. The number of guanidine groups is 1. The van der Waals surface area contributed by atoms with E-state index in [-0.39, 0.29) is 24.0 Å². The number of halogens is 1. The predicted octanol–water partition coefficient (Wildman–Crippen LogP) is 4.33. The maximum Gasteiger partial charge on any atom is 0.191 e. The Balaban J connectivity index is 0.00000300. The number of aromatic nitrogens is 1. The summed E-state index contributed by atoms with van der Waals surface area (Å²) in [5.41, 5.74) is 1.24. The van der Waals surface area contributed by atoms with E-state index in [0.29, 0.717) is 6.04 Å². The van der Waals surface area contributed by atoms with Crippen molar-refractivity contribution in [1.29, 1.82) is 0 Å². The first-order valence-electron chi connectivity index (χ1n) is 10.4. The van der Waals surface area contributed by atoms with E-state index in [0.717, 1.165) is 37.9 Å². The van der Waals surface area contributed by atoms with Gasteiger partial charge in [0.1, 0.15) is 0 Å². The van der Waals surface area contributed by atoms with Gasteiger partial charge in [0, 0.05) is 30.4 Å². The fourth-order valence-electron chi connectivity index (χ4n) is 3.60. The van der Waals surface area contributed by atoms with Crippen molar-refractivity contribution in [2.24, 2.45) is 10.9 Å². The highest BCUT2D eigenvalue weighted by atomic mass is 127. The van der Waals surface area contributed by atoms with Gasteiger partial charge in [0.15, 0.2) is 5.96 Å². The van der Waals surface area contributed by atoms with E-state index >= 15 is 0 Å². The van der Waals surface area contributed by atoms with Crippen LogP contribution in [0.15, 0.2) is 47.0 Å². The molecule has 1 fully saturated rings. The number of nitrogens with one attached hydrogen (secondary N) is 2. The summed E-state index contributed by atoms with van der Waals surface area (Å²) in [7, 11) is 0. The van der Waals surface area contributed by atoms with Gasteiger partial charge in [-0.25, -0.2) is 0 Å². The molecule has 1 unspecified atom stereocenters.